The summed E-state index contributed by atoms with van der Waals surface area (Å²) in [5.74, 6) is -8.02. The summed E-state index contributed by atoms with van der Waals surface area (Å²) in [5, 5.41) is 2.35. The maximum Gasteiger partial charge on any atom is 0.328 e. The van der Waals surface area contributed by atoms with Crippen molar-refractivity contribution in [2.45, 2.75) is 45.8 Å². The number of halogens is 4. The highest BCUT2D eigenvalue weighted by atomic mass is 19.1. The topological polar surface area (TPSA) is 113 Å². The van der Waals surface area contributed by atoms with E-state index in [1.165, 1.54) is 27.0 Å². The fourth-order valence-electron chi connectivity index (χ4n) is 3.87. The third-order valence-corrected chi connectivity index (χ3v) is 5.83. The van der Waals surface area contributed by atoms with Crippen molar-refractivity contribution in [1.82, 2.24) is 5.32 Å². The van der Waals surface area contributed by atoms with E-state index in [0.29, 0.717) is 12.1 Å². The average Bonchev–Trinajstić information content (AvgIpc) is 2.91. The van der Waals surface area contributed by atoms with Crippen LogP contribution in [0.15, 0.2) is 64.7 Å². The van der Waals surface area contributed by atoms with Crippen molar-refractivity contribution >= 4 is 24.6 Å². The van der Waals surface area contributed by atoms with Crippen LogP contribution >= 0.6 is 0 Å². The number of aliphatic imine (C=N–C) groups is 1. The van der Waals surface area contributed by atoms with Crippen molar-refractivity contribution in [2.75, 3.05) is 13.9 Å². The van der Waals surface area contributed by atoms with Crippen LogP contribution in [0.4, 0.5) is 17.6 Å². The van der Waals surface area contributed by atoms with Gasteiger partial charge in [-0.1, -0.05) is 12.1 Å². The van der Waals surface area contributed by atoms with E-state index in [-0.39, 0.29) is 22.6 Å². The molecule has 0 bridgehead atoms. The van der Waals surface area contributed by atoms with E-state index in [4.69, 9.17) is 18.9 Å². The Bertz CT molecular complexity index is 1340. The third kappa shape index (κ3) is 8.66. The van der Waals surface area contributed by atoms with Crippen molar-refractivity contribution in [3.63, 3.8) is 0 Å². The van der Waals surface area contributed by atoms with Crippen LogP contribution in [-0.4, -0.2) is 50.6 Å². The van der Waals surface area contributed by atoms with Gasteiger partial charge in [-0.15, -0.1) is 0 Å². The van der Waals surface area contributed by atoms with Gasteiger partial charge in [0.15, 0.2) is 17.2 Å². The molecule has 0 aliphatic carbocycles. The number of methoxy groups -OCH3 is 1. The SMILES string of the molecule is C=N/C(C(=O)N[C@@H](C)C(=O)O[C@@H](C)C(c1ccc(F)cc1F)c1ccc(F)cc1F)=C(OCOC(C)=O)\C(=C/C)OC. The molecule has 0 unspecified atom stereocenters. The molecule has 0 aliphatic rings. The molecule has 0 heterocycles. The third-order valence-electron chi connectivity index (χ3n) is 5.83. The molecule has 0 aliphatic heterocycles. The van der Waals surface area contributed by atoms with E-state index in [9.17, 15) is 31.9 Å². The van der Waals surface area contributed by atoms with Gasteiger partial charge >= 0.3 is 11.9 Å². The smallest absolute Gasteiger partial charge is 0.328 e. The number of carbonyl (C=O) groups excluding carboxylic acids is 3. The van der Waals surface area contributed by atoms with Crippen molar-refractivity contribution in [2.24, 2.45) is 4.99 Å². The molecular formula is C29H30F4N2O7. The zero-order chi connectivity index (χ0) is 31.6. The number of allylic oxidation sites excluding steroid dienone is 1. The van der Waals surface area contributed by atoms with Gasteiger partial charge in [0.25, 0.3) is 5.91 Å². The summed E-state index contributed by atoms with van der Waals surface area (Å²) in [6, 6.07) is 3.83. The maximum atomic E-state index is 14.8. The first kappa shape index (κ1) is 33.5. The zero-order valence-corrected chi connectivity index (χ0v) is 23.5. The standard InChI is InChI=1S/C29H30F4N2O7/c1-7-24(39-6)27(41-14-40-17(4)36)26(34-5)28(37)35-15(2)29(38)42-16(3)25(20-10-8-18(30)12-22(20)32)21-11-9-19(31)13-23(21)33/h7-13,15-16,25H,5,14H2,1-4,6H3,(H,35,37)/b24-7+,27-26+/t15-,16-/m0/s1. The van der Waals surface area contributed by atoms with Crippen LogP contribution in [-0.2, 0) is 33.3 Å². The Hall–Kier alpha value is -4.68. The number of benzene rings is 2. The molecule has 2 aromatic carbocycles. The second-order valence-electron chi connectivity index (χ2n) is 8.74. The van der Waals surface area contributed by atoms with Crippen LogP contribution in [0, 0.1) is 23.3 Å². The van der Waals surface area contributed by atoms with E-state index in [1.807, 2.05) is 0 Å². The first-order valence-corrected chi connectivity index (χ1v) is 12.4. The van der Waals surface area contributed by atoms with Gasteiger partial charge in [-0.25, -0.2) is 22.4 Å². The molecule has 1 N–H and O–H groups in total. The molecule has 0 spiro atoms. The van der Waals surface area contributed by atoms with Crippen molar-refractivity contribution < 1.29 is 50.9 Å². The highest BCUT2D eigenvalue weighted by molar-refractivity contribution is 5.97. The molecule has 0 saturated heterocycles. The molecule has 0 saturated carbocycles. The Labute approximate surface area is 239 Å². The summed E-state index contributed by atoms with van der Waals surface area (Å²) < 4.78 is 77.4. The molecule has 2 atom stereocenters. The molecular weight excluding hydrogens is 564 g/mol. The van der Waals surface area contributed by atoms with Gasteiger partial charge in [0.2, 0.25) is 6.79 Å². The molecule has 1 amide bonds. The molecule has 0 aromatic heterocycles. The first-order valence-electron chi connectivity index (χ1n) is 12.4. The van der Waals surface area contributed by atoms with E-state index >= 15 is 0 Å². The maximum absolute atomic E-state index is 14.8. The van der Waals surface area contributed by atoms with Crippen molar-refractivity contribution in [3.05, 3.63) is 94.1 Å². The molecule has 42 heavy (non-hydrogen) atoms. The quantitative estimate of drug-likeness (QED) is 0.0674. The summed E-state index contributed by atoms with van der Waals surface area (Å²) in [4.78, 5) is 40.8. The van der Waals surface area contributed by atoms with Crippen LogP contribution in [0.25, 0.3) is 0 Å². The number of ether oxygens (including phenoxy) is 4. The number of hydrogen-bond acceptors (Lipinski definition) is 8. The normalized spacial score (nSPS) is 13.4. The molecule has 2 rings (SSSR count). The fraction of sp³-hybridized carbons (Fsp3) is 0.310. The minimum atomic E-state index is -1.35. The minimum absolute atomic E-state index is 0.0362. The lowest BCUT2D eigenvalue weighted by molar-refractivity contribution is -0.152. The van der Waals surface area contributed by atoms with Gasteiger partial charge < -0.3 is 24.3 Å². The fourth-order valence-corrected chi connectivity index (χ4v) is 3.87. The van der Waals surface area contributed by atoms with Crippen LogP contribution in [0.2, 0.25) is 0 Å². The number of esters is 2. The van der Waals surface area contributed by atoms with E-state index in [0.717, 1.165) is 31.2 Å². The monoisotopic (exact) mass is 594 g/mol. The lowest BCUT2D eigenvalue weighted by atomic mass is 9.86. The molecule has 226 valence electrons. The largest absolute Gasteiger partial charge is 0.493 e. The second kappa shape index (κ2) is 15.4. The van der Waals surface area contributed by atoms with Gasteiger partial charge in [-0.3, -0.25) is 14.6 Å². The van der Waals surface area contributed by atoms with Gasteiger partial charge in [0, 0.05) is 19.1 Å². The number of rotatable bonds is 13. The molecule has 0 fully saturated rings. The zero-order valence-electron chi connectivity index (χ0n) is 23.5. The number of nitrogens with zero attached hydrogens (tertiary/aromatic N) is 1. The highest BCUT2D eigenvalue weighted by Crippen LogP contribution is 2.34. The lowest BCUT2D eigenvalue weighted by Gasteiger charge is -2.27. The Morgan fingerprint density at radius 1 is 0.976 bits per heavy atom. The lowest BCUT2D eigenvalue weighted by Crippen LogP contribution is -2.42. The number of amides is 1. The summed E-state index contributed by atoms with van der Waals surface area (Å²) in [5.41, 5.74) is -0.856. The molecule has 2 aromatic rings. The molecule has 9 nitrogen and oxygen atoms in total. The van der Waals surface area contributed by atoms with Gasteiger partial charge in [0.05, 0.1) is 13.0 Å². The van der Waals surface area contributed by atoms with E-state index in [1.54, 1.807) is 6.92 Å². The van der Waals surface area contributed by atoms with E-state index < -0.39 is 71.7 Å². The molecule has 13 heteroatoms. The molecule has 0 radical (unpaired) electrons. The number of carbonyl (C=O) groups is 3. The summed E-state index contributed by atoms with van der Waals surface area (Å²) in [6.07, 6.45) is 0.152. The summed E-state index contributed by atoms with van der Waals surface area (Å²) in [7, 11) is 1.29. The Balaban J connectivity index is 2.34. The van der Waals surface area contributed by atoms with Crippen LogP contribution in [0.5, 0.6) is 0 Å². The van der Waals surface area contributed by atoms with Crippen LogP contribution in [0.1, 0.15) is 44.7 Å². The van der Waals surface area contributed by atoms with Gasteiger partial charge in [-0.05, 0) is 56.8 Å². The average molecular weight is 595 g/mol. The summed E-state index contributed by atoms with van der Waals surface area (Å²) >= 11 is 0. The number of nitrogens with one attached hydrogen (secondary N) is 1. The Morgan fingerprint density at radius 2 is 1.52 bits per heavy atom. The highest BCUT2D eigenvalue weighted by Gasteiger charge is 2.32. The first-order chi connectivity index (χ1) is 19.8. The van der Waals surface area contributed by atoms with E-state index in [2.05, 4.69) is 17.0 Å². The van der Waals surface area contributed by atoms with Crippen molar-refractivity contribution in [3.8, 4) is 0 Å². The Morgan fingerprint density at radius 3 is 1.95 bits per heavy atom. The summed E-state index contributed by atoms with van der Waals surface area (Å²) in [6.45, 7) is 8.06. The van der Waals surface area contributed by atoms with Gasteiger partial charge in [-0.2, -0.15) is 0 Å². The van der Waals surface area contributed by atoms with Crippen LogP contribution < -0.4 is 5.32 Å². The predicted octanol–water partition coefficient (Wildman–Crippen LogP) is 4.81. The van der Waals surface area contributed by atoms with Crippen molar-refractivity contribution in [1.29, 1.82) is 0 Å². The van der Waals surface area contributed by atoms with Crippen LogP contribution in [0.3, 0.4) is 0 Å². The Kier molecular flexibility index (Phi) is 12.3. The number of hydrogen-bond donors (Lipinski definition) is 1. The minimum Gasteiger partial charge on any atom is -0.493 e. The van der Waals surface area contributed by atoms with Gasteiger partial charge in [0.1, 0.15) is 35.4 Å². The predicted molar refractivity (Wildman–Crippen MR) is 143 cm³/mol. The second-order valence-corrected chi connectivity index (χ2v) is 8.74.